The van der Waals surface area contributed by atoms with Crippen molar-refractivity contribution >= 4 is 26.8 Å². The molecule has 1 aromatic heterocycles. The van der Waals surface area contributed by atoms with Gasteiger partial charge in [0.2, 0.25) is 0 Å². The number of pyridine rings is 1. The summed E-state index contributed by atoms with van der Waals surface area (Å²) in [6, 6.07) is 11.3. The van der Waals surface area contributed by atoms with Crippen molar-refractivity contribution in [2.45, 2.75) is 31.8 Å². The molecular formula is C21H23N3O5S. The van der Waals surface area contributed by atoms with E-state index in [-0.39, 0.29) is 16.6 Å². The summed E-state index contributed by atoms with van der Waals surface area (Å²) in [4.78, 5) is 18.8. The van der Waals surface area contributed by atoms with Crippen LogP contribution in [0, 0.1) is 6.92 Å². The van der Waals surface area contributed by atoms with E-state index in [1.54, 1.807) is 24.4 Å². The number of nitrogens with zero attached hydrogens (tertiary/aromatic N) is 1. The molecule has 0 aliphatic carbocycles. The Labute approximate surface area is 175 Å². The van der Waals surface area contributed by atoms with Crippen LogP contribution in [0.4, 0.5) is 0 Å². The van der Waals surface area contributed by atoms with Crippen LogP contribution in [-0.2, 0) is 10.0 Å². The second-order valence-electron chi connectivity index (χ2n) is 6.93. The summed E-state index contributed by atoms with van der Waals surface area (Å²) >= 11 is 0. The number of sulfonamides is 1. The maximum atomic E-state index is 12.8. The summed E-state index contributed by atoms with van der Waals surface area (Å²) in [7, 11) is -2.58. The molecule has 158 valence electrons. The van der Waals surface area contributed by atoms with Crippen LogP contribution < -0.4 is 19.7 Å². The van der Waals surface area contributed by atoms with E-state index in [4.69, 9.17) is 9.47 Å². The van der Waals surface area contributed by atoms with Crippen LogP contribution in [0.1, 0.15) is 29.8 Å². The summed E-state index contributed by atoms with van der Waals surface area (Å²) in [6.07, 6.45) is 1.52. The molecule has 0 saturated heterocycles. The molecule has 0 spiro atoms. The molecule has 0 unspecified atom stereocenters. The Bertz CT molecular complexity index is 1190. The SMILES string of the molecule is COc1cc(C(=O)NNS(=O)(=O)c2cccc3cc(C)cnc23)ccc1OC(C)C. The lowest BCUT2D eigenvalue weighted by atomic mass is 10.2. The third-order valence-electron chi connectivity index (χ3n) is 4.19. The van der Waals surface area contributed by atoms with Gasteiger partial charge >= 0.3 is 0 Å². The maximum Gasteiger partial charge on any atom is 0.266 e. The minimum absolute atomic E-state index is 0.0291. The fourth-order valence-electron chi connectivity index (χ4n) is 2.86. The first-order valence-corrected chi connectivity index (χ1v) is 10.7. The Balaban J connectivity index is 1.80. The number of hydrogen-bond acceptors (Lipinski definition) is 6. The van der Waals surface area contributed by atoms with Crippen LogP contribution in [0.3, 0.4) is 0 Å². The van der Waals surface area contributed by atoms with E-state index < -0.39 is 15.9 Å². The predicted octanol–water partition coefficient (Wildman–Crippen LogP) is 2.96. The Morgan fingerprint density at radius 3 is 2.57 bits per heavy atom. The second kappa shape index (κ2) is 8.68. The molecule has 0 atom stereocenters. The monoisotopic (exact) mass is 429 g/mol. The number of rotatable bonds is 7. The molecule has 3 aromatic rings. The van der Waals surface area contributed by atoms with Gasteiger partial charge in [0.1, 0.15) is 4.90 Å². The van der Waals surface area contributed by atoms with Crippen LogP contribution in [0.15, 0.2) is 53.6 Å². The van der Waals surface area contributed by atoms with Crippen molar-refractivity contribution in [1.82, 2.24) is 15.2 Å². The molecule has 0 radical (unpaired) electrons. The molecule has 2 N–H and O–H groups in total. The highest BCUT2D eigenvalue weighted by Gasteiger charge is 2.20. The van der Waals surface area contributed by atoms with E-state index in [9.17, 15) is 13.2 Å². The van der Waals surface area contributed by atoms with E-state index in [2.05, 4.69) is 15.2 Å². The molecule has 1 amide bonds. The number of ether oxygens (including phenoxy) is 2. The fraction of sp³-hybridized carbons (Fsp3) is 0.238. The van der Waals surface area contributed by atoms with Gasteiger partial charge in [-0.25, -0.2) is 8.42 Å². The van der Waals surface area contributed by atoms with Crippen LogP contribution in [0.25, 0.3) is 10.9 Å². The van der Waals surface area contributed by atoms with Crippen LogP contribution in [-0.4, -0.2) is 32.5 Å². The average Bonchev–Trinajstić information content (AvgIpc) is 2.71. The van der Waals surface area contributed by atoms with Crippen molar-refractivity contribution < 1.29 is 22.7 Å². The number of amides is 1. The summed E-state index contributed by atoms with van der Waals surface area (Å²) in [5.74, 6) is 0.214. The van der Waals surface area contributed by atoms with Crippen molar-refractivity contribution in [3.63, 3.8) is 0 Å². The zero-order chi connectivity index (χ0) is 21.9. The molecule has 30 heavy (non-hydrogen) atoms. The molecule has 0 aliphatic rings. The highest BCUT2D eigenvalue weighted by Crippen LogP contribution is 2.29. The molecule has 0 bridgehead atoms. The minimum Gasteiger partial charge on any atom is -0.493 e. The van der Waals surface area contributed by atoms with Gasteiger partial charge in [0.05, 0.1) is 18.7 Å². The lowest BCUT2D eigenvalue weighted by molar-refractivity contribution is 0.0944. The smallest absolute Gasteiger partial charge is 0.266 e. The molecule has 8 nitrogen and oxygen atoms in total. The zero-order valence-corrected chi connectivity index (χ0v) is 17.9. The van der Waals surface area contributed by atoms with Crippen LogP contribution >= 0.6 is 0 Å². The average molecular weight is 429 g/mol. The first kappa shape index (κ1) is 21.5. The van der Waals surface area contributed by atoms with Crippen molar-refractivity contribution in [1.29, 1.82) is 0 Å². The number of hydrogen-bond donors (Lipinski definition) is 2. The lowest BCUT2D eigenvalue weighted by Gasteiger charge is -2.15. The third kappa shape index (κ3) is 4.69. The first-order chi connectivity index (χ1) is 14.2. The number of carbonyl (C=O) groups excluding carboxylic acids is 1. The van der Waals surface area contributed by atoms with Crippen molar-refractivity contribution in [3.8, 4) is 11.5 Å². The molecular weight excluding hydrogens is 406 g/mol. The fourth-order valence-corrected chi connectivity index (χ4v) is 3.88. The van der Waals surface area contributed by atoms with Crippen molar-refractivity contribution in [2.24, 2.45) is 0 Å². The number of aryl methyl sites for hydroxylation is 1. The summed E-state index contributed by atoms with van der Waals surface area (Å²) in [6.45, 7) is 5.62. The minimum atomic E-state index is -4.04. The maximum absolute atomic E-state index is 12.8. The van der Waals surface area contributed by atoms with Gasteiger partial charge in [0, 0.05) is 17.1 Å². The van der Waals surface area contributed by atoms with Crippen LogP contribution in [0.5, 0.6) is 11.5 Å². The van der Waals surface area contributed by atoms with E-state index in [1.165, 1.54) is 25.3 Å². The van der Waals surface area contributed by atoms with Gasteiger partial charge < -0.3 is 9.47 Å². The van der Waals surface area contributed by atoms with Gasteiger partial charge in [-0.2, -0.15) is 0 Å². The topological polar surface area (TPSA) is 107 Å². The Morgan fingerprint density at radius 2 is 1.87 bits per heavy atom. The van der Waals surface area contributed by atoms with Crippen molar-refractivity contribution in [2.75, 3.05) is 7.11 Å². The van der Waals surface area contributed by atoms with E-state index >= 15 is 0 Å². The molecule has 9 heteroatoms. The number of nitrogens with one attached hydrogen (secondary N) is 2. The van der Waals surface area contributed by atoms with Gasteiger partial charge in [0.25, 0.3) is 15.9 Å². The lowest BCUT2D eigenvalue weighted by Crippen LogP contribution is -2.41. The third-order valence-corrected chi connectivity index (χ3v) is 5.47. The predicted molar refractivity (Wildman–Crippen MR) is 113 cm³/mol. The van der Waals surface area contributed by atoms with Gasteiger partial charge in [-0.1, -0.05) is 12.1 Å². The number of methoxy groups -OCH3 is 1. The van der Waals surface area contributed by atoms with Gasteiger partial charge in [-0.05, 0) is 56.7 Å². The van der Waals surface area contributed by atoms with Gasteiger partial charge in [-0.15, -0.1) is 4.83 Å². The number of fused-ring (bicyclic) bond motifs is 1. The Kier molecular flexibility index (Phi) is 6.23. The standard InChI is InChI=1S/C21H23N3O5S/c1-13(2)29-17-9-8-16(11-18(17)28-4)21(25)23-24-30(26,27)19-7-5-6-15-10-14(3)12-22-20(15)19/h5-13,24H,1-4H3,(H,23,25). The highest BCUT2D eigenvalue weighted by molar-refractivity contribution is 7.89. The molecule has 0 fully saturated rings. The number of aromatic nitrogens is 1. The normalized spacial score (nSPS) is 11.5. The zero-order valence-electron chi connectivity index (χ0n) is 17.1. The second-order valence-corrected chi connectivity index (χ2v) is 8.58. The van der Waals surface area contributed by atoms with Crippen molar-refractivity contribution in [3.05, 3.63) is 59.8 Å². The first-order valence-electron chi connectivity index (χ1n) is 9.23. The highest BCUT2D eigenvalue weighted by atomic mass is 32.2. The molecule has 2 aromatic carbocycles. The van der Waals surface area contributed by atoms with E-state index in [0.717, 1.165) is 5.56 Å². The number of carbonyl (C=O) groups is 1. The number of hydrazine groups is 1. The quantitative estimate of drug-likeness (QED) is 0.559. The summed E-state index contributed by atoms with van der Waals surface area (Å²) in [5, 5.41) is 0.690. The Hall–Kier alpha value is -3.17. The summed E-state index contributed by atoms with van der Waals surface area (Å²) in [5.41, 5.74) is 3.67. The summed E-state index contributed by atoms with van der Waals surface area (Å²) < 4.78 is 36.4. The van der Waals surface area contributed by atoms with E-state index in [1.807, 2.05) is 26.8 Å². The van der Waals surface area contributed by atoms with Crippen LogP contribution in [0.2, 0.25) is 0 Å². The molecule has 1 heterocycles. The molecule has 0 aliphatic heterocycles. The largest absolute Gasteiger partial charge is 0.493 e. The number of benzene rings is 2. The Morgan fingerprint density at radius 1 is 1.10 bits per heavy atom. The van der Waals surface area contributed by atoms with Gasteiger partial charge in [0.15, 0.2) is 11.5 Å². The van der Waals surface area contributed by atoms with Gasteiger partial charge in [-0.3, -0.25) is 15.2 Å². The van der Waals surface area contributed by atoms with E-state index in [0.29, 0.717) is 22.4 Å². The number of para-hydroxylation sites is 1. The molecule has 0 saturated carbocycles. The molecule has 3 rings (SSSR count).